The van der Waals surface area contributed by atoms with Crippen molar-refractivity contribution < 1.29 is 27.5 Å². The van der Waals surface area contributed by atoms with Crippen LogP contribution in [0.1, 0.15) is 20.7 Å². The first-order chi connectivity index (χ1) is 11.8. The summed E-state index contributed by atoms with van der Waals surface area (Å²) in [6, 6.07) is 9.39. The van der Waals surface area contributed by atoms with Crippen LogP contribution < -0.4 is 4.72 Å². The molecule has 0 heterocycles. The van der Waals surface area contributed by atoms with Crippen LogP contribution in [0.5, 0.6) is 0 Å². The highest BCUT2D eigenvalue weighted by atomic mass is 35.5. The van der Waals surface area contributed by atoms with Crippen molar-refractivity contribution in [1.82, 2.24) is 0 Å². The standard InChI is InChI=1S/C16H14ClNO6S/c1-23-15(19)10-4-3-5-12(8-10)25(21,22)18-11-6-7-14(17)13(9-11)16(20)24-2/h3-9,18H,1-2H3. The Bertz CT molecular complexity index is 926. The normalized spacial score (nSPS) is 10.8. The van der Waals surface area contributed by atoms with Crippen LogP contribution >= 0.6 is 11.6 Å². The second kappa shape index (κ2) is 7.54. The van der Waals surface area contributed by atoms with Crippen LogP contribution in [-0.4, -0.2) is 34.6 Å². The molecule has 0 aliphatic heterocycles. The highest BCUT2D eigenvalue weighted by Crippen LogP contribution is 2.24. The number of halogens is 1. The van der Waals surface area contributed by atoms with Gasteiger partial charge in [-0.3, -0.25) is 4.72 Å². The van der Waals surface area contributed by atoms with Crippen LogP contribution in [0.3, 0.4) is 0 Å². The van der Waals surface area contributed by atoms with Gasteiger partial charge in [0.1, 0.15) is 0 Å². The van der Waals surface area contributed by atoms with Gasteiger partial charge >= 0.3 is 11.9 Å². The third-order valence-corrected chi connectivity index (χ3v) is 4.90. The lowest BCUT2D eigenvalue weighted by Crippen LogP contribution is -2.14. The molecule has 2 rings (SSSR count). The third-order valence-electron chi connectivity index (χ3n) is 3.19. The van der Waals surface area contributed by atoms with E-state index >= 15 is 0 Å². The maximum absolute atomic E-state index is 12.5. The first-order valence-electron chi connectivity index (χ1n) is 6.87. The number of rotatable bonds is 5. The van der Waals surface area contributed by atoms with Crippen LogP contribution in [0.15, 0.2) is 47.4 Å². The quantitative estimate of drug-likeness (QED) is 0.797. The Kier molecular flexibility index (Phi) is 5.66. The molecule has 132 valence electrons. The van der Waals surface area contributed by atoms with Crippen molar-refractivity contribution in [3.63, 3.8) is 0 Å². The summed E-state index contributed by atoms with van der Waals surface area (Å²) in [5.41, 5.74) is 0.234. The van der Waals surface area contributed by atoms with Gasteiger partial charge in [-0.05, 0) is 36.4 Å². The van der Waals surface area contributed by atoms with E-state index in [1.807, 2.05) is 0 Å². The zero-order chi connectivity index (χ0) is 18.6. The molecule has 0 saturated carbocycles. The molecule has 0 saturated heterocycles. The van der Waals surface area contributed by atoms with E-state index in [-0.39, 0.29) is 26.7 Å². The molecule has 0 aliphatic rings. The highest BCUT2D eigenvalue weighted by Gasteiger charge is 2.18. The van der Waals surface area contributed by atoms with Gasteiger partial charge in [-0.25, -0.2) is 18.0 Å². The van der Waals surface area contributed by atoms with Gasteiger partial charge in [0.2, 0.25) is 0 Å². The molecule has 0 aromatic heterocycles. The number of anilines is 1. The SMILES string of the molecule is COC(=O)c1cccc(S(=O)(=O)Nc2ccc(Cl)c(C(=O)OC)c2)c1. The van der Waals surface area contributed by atoms with Crippen molar-refractivity contribution in [2.45, 2.75) is 4.90 Å². The van der Waals surface area contributed by atoms with Crippen molar-refractivity contribution in [1.29, 1.82) is 0 Å². The lowest BCUT2D eigenvalue weighted by atomic mass is 10.2. The Morgan fingerprint density at radius 1 is 1.00 bits per heavy atom. The molecule has 0 unspecified atom stereocenters. The number of hydrogen-bond acceptors (Lipinski definition) is 6. The van der Waals surface area contributed by atoms with E-state index in [2.05, 4.69) is 14.2 Å². The number of ether oxygens (including phenoxy) is 2. The molecule has 0 amide bonds. The lowest BCUT2D eigenvalue weighted by molar-refractivity contribution is 0.0592. The molecule has 1 N–H and O–H groups in total. The molecule has 2 aromatic rings. The largest absolute Gasteiger partial charge is 0.465 e. The van der Waals surface area contributed by atoms with E-state index in [1.165, 1.54) is 56.7 Å². The van der Waals surface area contributed by atoms with Crippen LogP contribution in [-0.2, 0) is 19.5 Å². The van der Waals surface area contributed by atoms with Gasteiger partial charge in [-0.2, -0.15) is 0 Å². The monoisotopic (exact) mass is 383 g/mol. The summed E-state index contributed by atoms with van der Waals surface area (Å²) in [6.07, 6.45) is 0. The van der Waals surface area contributed by atoms with Crippen molar-refractivity contribution >= 4 is 39.3 Å². The van der Waals surface area contributed by atoms with Gasteiger partial charge in [-0.1, -0.05) is 17.7 Å². The molecule has 0 radical (unpaired) electrons. The van der Waals surface area contributed by atoms with Gasteiger partial charge < -0.3 is 9.47 Å². The van der Waals surface area contributed by atoms with Crippen molar-refractivity contribution in [3.8, 4) is 0 Å². The van der Waals surface area contributed by atoms with E-state index in [4.69, 9.17) is 11.6 Å². The van der Waals surface area contributed by atoms with Crippen molar-refractivity contribution in [3.05, 3.63) is 58.6 Å². The average molecular weight is 384 g/mol. The fraction of sp³-hybridized carbons (Fsp3) is 0.125. The van der Waals surface area contributed by atoms with Crippen LogP contribution in [0.2, 0.25) is 5.02 Å². The molecule has 9 heteroatoms. The predicted octanol–water partition coefficient (Wildman–Crippen LogP) is 2.71. The number of methoxy groups -OCH3 is 2. The Balaban J connectivity index is 2.36. The summed E-state index contributed by atoms with van der Waals surface area (Å²) in [7, 11) is -1.61. The molecule has 0 atom stereocenters. The van der Waals surface area contributed by atoms with Gasteiger partial charge in [0.05, 0.1) is 35.3 Å². The van der Waals surface area contributed by atoms with Crippen LogP contribution in [0.25, 0.3) is 0 Å². The molecular weight excluding hydrogens is 370 g/mol. The summed E-state index contributed by atoms with van der Waals surface area (Å²) in [4.78, 5) is 23.0. The Labute approximate surface area is 149 Å². The first-order valence-corrected chi connectivity index (χ1v) is 8.73. The summed E-state index contributed by atoms with van der Waals surface area (Å²) >= 11 is 5.90. The number of carbonyl (C=O) groups is 2. The fourth-order valence-corrected chi connectivity index (χ4v) is 3.27. The van der Waals surface area contributed by atoms with E-state index in [9.17, 15) is 18.0 Å². The Morgan fingerprint density at radius 2 is 1.68 bits per heavy atom. The van der Waals surface area contributed by atoms with Crippen LogP contribution in [0, 0.1) is 0 Å². The van der Waals surface area contributed by atoms with E-state index in [0.717, 1.165) is 0 Å². The molecule has 0 spiro atoms. The van der Waals surface area contributed by atoms with E-state index in [0.29, 0.717) is 0 Å². The molecule has 0 fully saturated rings. The van der Waals surface area contributed by atoms with E-state index in [1.54, 1.807) is 0 Å². The highest BCUT2D eigenvalue weighted by molar-refractivity contribution is 7.92. The average Bonchev–Trinajstić information content (AvgIpc) is 2.61. The number of benzene rings is 2. The van der Waals surface area contributed by atoms with Crippen molar-refractivity contribution in [2.24, 2.45) is 0 Å². The number of sulfonamides is 1. The number of esters is 2. The molecular formula is C16H14ClNO6S. The minimum absolute atomic E-state index is 0.0210. The third kappa shape index (κ3) is 4.28. The number of hydrogen-bond donors (Lipinski definition) is 1. The Hall–Kier alpha value is -2.58. The summed E-state index contributed by atoms with van der Waals surface area (Å²) in [5, 5.41) is 0.127. The maximum Gasteiger partial charge on any atom is 0.339 e. The maximum atomic E-state index is 12.5. The van der Waals surface area contributed by atoms with Gasteiger partial charge in [0, 0.05) is 5.69 Å². The zero-order valence-electron chi connectivity index (χ0n) is 13.3. The van der Waals surface area contributed by atoms with Gasteiger partial charge in [0.25, 0.3) is 10.0 Å². The van der Waals surface area contributed by atoms with Gasteiger partial charge in [0.15, 0.2) is 0 Å². The minimum Gasteiger partial charge on any atom is -0.465 e. The second-order valence-corrected chi connectivity index (χ2v) is 6.90. The molecule has 0 aliphatic carbocycles. The molecule has 0 bridgehead atoms. The summed E-state index contributed by atoms with van der Waals surface area (Å²) < 4.78 is 36.5. The molecule has 2 aromatic carbocycles. The number of carbonyl (C=O) groups excluding carboxylic acids is 2. The summed E-state index contributed by atoms with van der Waals surface area (Å²) in [6.45, 7) is 0. The minimum atomic E-state index is -3.99. The topological polar surface area (TPSA) is 98.8 Å². The molecule has 25 heavy (non-hydrogen) atoms. The summed E-state index contributed by atoms with van der Waals surface area (Å²) in [5.74, 6) is -1.35. The van der Waals surface area contributed by atoms with Crippen molar-refractivity contribution in [2.75, 3.05) is 18.9 Å². The van der Waals surface area contributed by atoms with E-state index < -0.39 is 22.0 Å². The van der Waals surface area contributed by atoms with Crippen LogP contribution in [0.4, 0.5) is 5.69 Å². The fourth-order valence-electron chi connectivity index (χ4n) is 1.98. The predicted molar refractivity (Wildman–Crippen MR) is 91.4 cm³/mol. The second-order valence-electron chi connectivity index (χ2n) is 4.81. The zero-order valence-corrected chi connectivity index (χ0v) is 14.8. The molecule has 7 nitrogen and oxygen atoms in total. The lowest BCUT2D eigenvalue weighted by Gasteiger charge is -2.11. The first kappa shape index (κ1) is 18.8. The smallest absolute Gasteiger partial charge is 0.339 e. The number of nitrogens with one attached hydrogen (secondary N) is 1. The van der Waals surface area contributed by atoms with Gasteiger partial charge in [-0.15, -0.1) is 0 Å². The Morgan fingerprint density at radius 3 is 2.32 bits per heavy atom.